The Hall–Kier alpha value is -1.95. The van der Waals surface area contributed by atoms with Crippen LogP contribution in [0.1, 0.15) is 18.9 Å². The molecule has 6 heteroatoms. The lowest BCUT2D eigenvalue weighted by Crippen LogP contribution is -2.22. The number of nitrogens with zero attached hydrogens (tertiary/aromatic N) is 2. The minimum absolute atomic E-state index is 0.0662. The van der Waals surface area contributed by atoms with Crippen molar-refractivity contribution in [1.29, 1.82) is 0 Å². The number of carbonyl (C=O) groups excluding carboxylic acids is 1. The van der Waals surface area contributed by atoms with Gasteiger partial charge in [-0.3, -0.25) is 4.79 Å². The first-order chi connectivity index (χ1) is 8.76. The quantitative estimate of drug-likeness (QED) is 0.541. The van der Waals surface area contributed by atoms with Crippen LogP contribution in [0.25, 0.3) is 6.08 Å². The summed E-state index contributed by atoms with van der Waals surface area (Å²) in [7, 11) is 0. The molecule has 1 rings (SSSR count). The predicted molar refractivity (Wildman–Crippen MR) is 66.9 cm³/mol. The number of aliphatic hydroxyl groups is 1. The van der Waals surface area contributed by atoms with Crippen molar-refractivity contribution in [2.45, 2.75) is 13.3 Å². The number of aromatic nitrogens is 2. The summed E-state index contributed by atoms with van der Waals surface area (Å²) in [5.74, 6) is -0.211. The van der Waals surface area contributed by atoms with Gasteiger partial charge in [-0.1, -0.05) is 0 Å². The molecule has 0 aliphatic heterocycles. The third-order valence-electron chi connectivity index (χ3n) is 1.98. The minimum Gasteiger partial charge on any atom is -0.464 e. The molecule has 1 amide bonds. The molecule has 0 aliphatic carbocycles. The monoisotopic (exact) mass is 251 g/mol. The van der Waals surface area contributed by atoms with Crippen LogP contribution in [-0.4, -0.2) is 40.7 Å². The first-order valence-corrected chi connectivity index (χ1v) is 5.78. The highest BCUT2D eigenvalue weighted by Crippen LogP contribution is 2.03. The summed E-state index contributed by atoms with van der Waals surface area (Å²) in [5, 5.41) is 11.2. The average molecular weight is 251 g/mol. The molecule has 0 radical (unpaired) electrons. The molecule has 0 fully saturated rings. The van der Waals surface area contributed by atoms with Crippen LogP contribution in [0.5, 0.6) is 6.01 Å². The Morgan fingerprint density at radius 2 is 2.22 bits per heavy atom. The highest BCUT2D eigenvalue weighted by molar-refractivity contribution is 5.91. The van der Waals surface area contributed by atoms with Crippen molar-refractivity contribution in [2.24, 2.45) is 0 Å². The molecule has 0 aromatic carbocycles. The fraction of sp³-hybridized carbons (Fsp3) is 0.417. The van der Waals surface area contributed by atoms with Gasteiger partial charge in [-0.15, -0.1) is 0 Å². The number of nitrogens with one attached hydrogen (secondary N) is 1. The second kappa shape index (κ2) is 8.19. The van der Waals surface area contributed by atoms with Gasteiger partial charge in [0, 0.05) is 37.2 Å². The number of ether oxygens (including phenoxy) is 1. The van der Waals surface area contributed by atoms with Crippen LogP contribution < -0.4 is 10.1 Å². The first-order valence-electron chi connectivity index (χ1n) is 5.78. The molecule has 0 bridgehead atoms. The molecule has 0 saturated heterocycles. The Labute approximate surface area is 106 Å². The molecule has 2 N–H and O–H groups in total. The molecular weight excluding hydrogens is 234 g/mol. The summed E-state index contributed by atoms with van der Waals surface area (Å²) in [4.78, 5) is 19.3. The lowest BCUT2D eigenvalue weighted by atomic mass is 10.3. The van der Waals surface area contributed by atoms with Gasteiger partial charge >= 0.3 is 6.01 Å². The van der Waals surface area contributed by atoms with Gasteiger partial charge in [0.05, 0.1) is 6.61 Å². The number of hydrogen-bond donors (Lipinski definition) is 2. The number of amides is 1. The smallest absolute Gasteiger partial charge is 0.316 e. The van der Waals surface area contributed by atoms with E-state index in [9.17, 15) is 4.79 Å². The predicted octanol–water partition coefficient (Wildman–Crippen LogP) is 0.387. The second-order valence-corrected chi connectivity index (χ2v) is 3.43. The van der Waals surface area contributed by atoms with Crippen molar-refractivity contribution in [1.82, 2.24) is 15.3 Å². The molecule has 0 aliphatic rings. The summed E-state index contributed by atoms with van der Waals surface area (Å²) >= 11 is 0. The van der Waals surface area contributed by atoms with E-state index in [0.29, 0.717) is 25.6 Å². The van der Waals surface area contributed by atoms with Crippen molar-refractivity contribution in [3.8, 4) is 6.01 Å². The summed E-state index contributed by atoms with van der Waals surface area (Å²) in [5.41, 5.74) is 0.718. The van der Waals surface area contributed by atoms with Crippen molar-refractivity contribution in [2.75, 3.05) is 19.8 Å². The number of rotatable bonds is 7. The molecule has 18 heavy (non-hydrogen) atoms. The lowest BCUT2D eigenvalue weighted by Gasteiger charge is -2.00. The Morgan fingerprint density at radius 3 is 2.83 bits per heavy atom. The molecule has 0 saturated carbocycles. The molecular formula is C12H17N3O3. The van der Waals surface area contributed by atoms with Gasteiger partial charge in [0.15, 0.2) is 0 Å². The van der Waals surface area contributed by atoms with E-state index >= 15 is 0 Å². The summed E-state index contributed by atoms with van der Waals surface area (Å²) in [6.07, 6.45) is 6.72. The lowest BCUT2D eigenvalue weighted by molar-refractivity contribution is -0.116. The second-order valence-electron chi connectivity index (χ2n) is 3.43. The van der Waals surface area contributed by atoms with Crippen molar-refractivity contribution >= 4 is 12.0 Å². The molecule has 1 heterocycles. The van der Waals surface area contributed by atoms with E-state index in [1.165, 1.54) is 6.08 Å². The van der Waals surface area contributed by atoms with Gasteiger partial charge in [0.1, 0.15) is 0 Å². The van der Waals surface area contributed by atoms with Crippen LogP contribution in [-0.2, 0) is 4.79 Å². The molecule has 0 atom stereocenters. The van der Waals surface area contributed by atoms with Crippen molar-refractivity contribution in [3.05, 3.63) is 24.0 Å². The largest absolute Gasteiger partial charge is 0.464 e. The van der Waals surface area contributed by atoms with Crippen LogP contribution in [0, 0.1) is 0 Å². The van der Waals surface area contributed by atoms with Crippen LogP contribution in [0.4, 0.5) is 0 Å². The zero-order valence-corrected chi connectivity index (χ0v) is 10.3. The molecule has 0 unspecified atom stereocenters. The Balaban J connectivity index is 2.43. The third kappa shape index (κ3) is 5.40. The van der Waals surface area contributed by atoms with Gasteiger partial charge in [-0.2, -0.15) is 0 Å². The van der Waals surface area contributed by atoms with Gasteiger partial charge in [-0.05, 0) is 19.4 Å². The summed E-state index contributed by atoms with van der Waals surface area (Å²) < 4.78 is 5.10. The Kier molecular flexibility index (Phi) is 6.42. The topological polar surface area (TPSA) is 84.3 Å². The van der Waals surface area contributed by atoms with E-state index in [-0.39, 0.29) is 12.5 Å². The number of aliphatic hydroxyl groups excluding tert-OH is 1. The number of hydrogen-bond acceptors (Lipinski definition) is 5. The van der Waals surface area contributed by atoms with Crippen molar-refractivity contribution in [3.63, 3.8) is 0 Å². The average Bonchev–Trinajstić information content (AvgIpc) is 2.39. The SMILES string of the molecule is CCOc1ncc(/C=C/C(=O)NCCCO)cn1. The number of carbonyl (C=O) groups is 1. The minimum atomic E-state index is -0.211. The van der Waals surface area contributed by atoms with Crippen LogP contribution in [0.2, 0.25) is 0 Å². The highest BCUT2D eigenvalue weighted by Gasteiger charge is 1.97. The highest BCUT2D eigenvalue weighted by atomic mass is 16.5. The van der Waals surface area contributed by atoms with E-state index in [0.717, 1.165) is 5.56 Å². The van der Waals surface area contributed by atoms with E-state index in [4.69, 9.17) is 9.84 Å². The van der Waals surface area contributed by atoms with Crippen molar-refractivity contribution < 1.29 is 14.6 Å². The zero-order chi connectivity index (χ0) is 13.2. The first kappa shape index (κ1) is 14.1. The van der Waals surface area contributed by atoms with E-state index in [1.54, 1.807) is 18.5 Å². The maximum Gasteiger partial charge on any atom is 0.316 e. The van der Waals surface area contributed by atoms with Crippen LogP contribution in [0.15, 0.2) is 18.5 Å². The van der Waals surface area contributed by atoms with Gasteiger partial charge in [0.25, 0.3) is 0 Å². The van der Waals surface area contributed by atoms with Gasteiger partial charge in [0.2, 0.25) is 5.91 Å². The Morgan fingerprint density at radius 1 is 1.50 bits per heavy atom. The third-order valence-corrected chi connectivity index (χ3v) is 1.98. The molecule has 6 nitrogen and oxygen atoms in total. The van der Waals surface area contributed by atoms with Gasteiger partial charge in [-0.25, -0.2) is 9.97 Å². The normalized spacial score (nSPS) is 10.6. The van der Waals surface area contributed by atoms with E-state index in [2.05, 4.69) is 15.3 Å². The maximum atomic E-state index is 11.3. The van der Waals surface area contributed by atoms with Crippen LogP contribution in [0.3, 0.4) is 0 Å². The fourth-order valence-electron chi connectivity index (χ4n) is 1.14. The van der Waals surface area contributed by atoms with Gasteiger partial charge < -0.3 is 15.2 Å². The summed E-state index contributed by atoms with van der Waals surface area (Å²) in [6.45, 7) is 2.90. The molecule has 1 aromatic heterocycles. The standard InChI is InChI=1S/C12H17N3O3/c1-2-18-12-14-8-10(9-15-12)4-5-11(17)13-6-3-7-16/h4-5,8-9,16H,2-3,6-7H2,1H3,(H,13,17)/b5-4+. The van der Waals surface area contributed by atoms with Crippen LogP contribution >= 0.6 is 0 Å². The zero-order valence-electron chi connectivity index (χ0n) is 10.3. The van der Waals surface area contributed by atoms with E-state index in [1.807, 2.05) is 6.92 Å². The summed E-state index contributed by atoms with van der Waals surface area (Å²) in [6, 6.07) is 0.321. The maximum absolute atomic E-state index is 11.3. The van der Waals surface area contributed by atoms with E-state index < -0.39 is 0 Å². The molecule has 0 spiro atoms. The Bertz CT molecular complexity index is 390. The molecule has 1 aromatic rings. The fourth-order valence-corrected chi connectivity index (χ4v) is 1.14. The molecule has 98 valence electrons.